The number of aromatic nitrogens is 2. The first kappa shape index (κ1) is 15.3. The van der Waals surface area contributed by atoms with Crippen molar-refractivity contribution in [1.82, 2.24) is 14.7 Å². The average Bonchev–Trinajstić information content (AvgIpc) is 3.21. The van der Waals surface area contributed by atoms with Gasteiger partial charge in [0.15, 0.2) is 0 Å². The van der Waals surface area contributed by atoms with Gasteiger partial charge < -0.3 is 9.64 Å². The predicted molar refractivity (Wildman–Crippen MR) is 88.9 cm³/mol. The van der Waals surface area contributed by atoms with Crippen LogP contribution in [-0.4, -0.2) is 34.2 Å². The Kier molecular flexibility index (Phi) is 4.46. The van der Waals surface area contributed by atoms with E-state index >= 15 is 0 Å². The number of rotatable bonds is 4. The van der Waals surface area contributed by atoms with E-state index in [2.05, 4.69) is 5.10 Å². The fourth-order valence-electron chi connectivity index (χ4n) is 2.99. The molecule has 5 heteroatoms. The maximum atomic E-state index is 12.5. The highest BCUT2D eigenvalue weighted by Gasteiger charge is 2.28. The number of nitrogens with zero attached hydrogens (tertiary/aromatic N) is 3. The summed E-state index contributed by atoms with van der Waals surface area (Å²) in [7, 11) is 3.52. The second-order valence-corrected chi connectivity index (χ2v) is 5.74. The second kappa shape index (κ2) is 6.69. The molecule has 0 saturated carbocycles. The Hall–Kier alpha value is -2.56. The van der Waals surface area contributed by atoms with Crippen LogP contribution in [0.15, 0.2) is 42.7 Å². The van der Waals surface area contributed by atoms with Crippen molar-refractivity contribution in [3.05, 3.63) is 53.9 Å². The summed E-state index contributed by atoms with van der Waals surface area (Å²) in [6.07, 6.45) is 9.11. The Morgan fingerprint density at radius 2 is 2.13 bits per heavy atom. The molecule has 120 valence electrons. The van der Waals surface area contributed by atoms with Gasteiger partial charge in [0.2, 0.25) is 5.91 Å². The van der Waals surface area contributed by atoms with Gasteiger partial charge >= 0.3 is 0 Å². The number of aryl methyl sites for hydroxylation is 1. The van der Waals surface area contributed by atoms with E-state index in [0.717, 1.165) is 36.3 Å². The maximum absolute atomic E-state index is 12.5. The molecule has 1 aromatic carbocycles. The third kappa shape index (κ3) is 3.44. The molecule has 0 bridgehead atoms. The Morgan fingerprint density at radius 1 is 1.35 bits per heavy atom. The van der Waals surface area contributed by atoms with Crippen LogP contribution >= 0.6 is 0 Å². The Labute approximate surface area is 136 Å². The van der Waals surface area contributed by atoms with Crippen LogP contribution < -0.4 is 4.74 Å². The van der Waals surface area contributed by atoms with Crippen LogP contribution in [0, 0.1) is 0 Å². The lowest BCUT2D eigenvalue weighted by molar-refractivity contribution is -0.126. The third-order valence-corrected chi connectivity index (χ3v) is 4.18. The lowest BCUT2D eigenvalue weighted by Crippen LogP contribution is -2.28. The van der Waals surface area contributed by atoms with E-state index in [1.165, 1.54) is 0 Å². The lowest BCUT2D eigenvalue weighted by Gasteiger charge is -2.24. The minimum atomic E-state index is 0.0483. The van der Waals surface area contributed by atoms with Crippen LogP contribution in [0.1, 0.15) is 30.0 Å². The number of likely N-dealkylation sites (tertiary alicyclic amines) is 1. The van der Waals surface area contributed by atoms with Crippen LogP contribution in [0.3, 0.4) is 0 Å². The predicted octanol–water partition coefficient (Wildman–Crippen LogP) is 2.81. The molecule has 5 nitrogen and oxygen atoms in total. The van der Waals surface area contributed by atoms with Crippen molar-refractivity contribution in [3.8, 4) is 5.75 Å². The molecular weight excluding hydrogens is 290 g/mol. The largest absolute Gasteiger partial charge is 0.497 e. The molecule has 3 rings (SSSR count). The number of carbonyl (C=O) groups excluding carboxylic acids is 1. The second-order valence-electron chi connectivity index (χ2n) is 5.74. The molecule has 2 aromatic rings. The van der Waals surface area contributed by atoms with E-state index in [-0.39, 0.29) is 11.9 Å². The molecule has 23 heavy (non-hydrogen) atoms. The Bertz CT molecular complexity index is 703. The van der Waals surface area contributed by atoms with Crippen molar-refractivity contribution in [1.29, 1.82) is 0 Å². The van der Waals surface area contributed by atoms with Crippen LogP contribution in [0.2, 0.25) is 0 Å². The topological polar surface area (TPSA) is 47.4 Å². The van der Waals surface area contributed by atoms with Crippen molar-refractivity contribution in [2.45, 2.75) is 18.9 Å². The van der Waals surface area contributed by atoms with Gasteiger partial charge in [-0.05, 0) is 36.6 Å². The molecule has 0 aliphatic carbocycles. The third-order valence-electron chi connectivity index (χ3n) is 4.18. The van der Waals surface area contributed by atoms with Gasteiger partial charge in [0, 0.05) is 31.4 Å². The van der Waals surface area contributed by atoms with Crippen molar-refractivity contribution in [2.75, 3.05) is 13.7 Å². The first-order valence-electron chi connectivity index (χ1n) is 7.78. The Morgan fingerprint density at radius 3 is 2.78 bits per heavy atom. The molecule has 1 amide bonds. The molecule has 1 atom stereocenters. The Balaban J connectivity index is 1.72. The first-order chi connectivity index (χ1) is 11.2. The molecule has 2 heterocycles. The van der Waals surface area contributed by atoms with E-state index in [9.17, 15) is 4.79 Å². The van der Waals surface area contributed by atoms with Crippen molar-refractivity contribution in [2.24, 2.45) is 7.05 Å². The fourth-order valence-corrected chi connectivity index (χ4v) is 2.99. The summed E-state index contributed by atoms with van der Waals surface area (Å²) in [6.45, 7) is 0.799. The smallest absolute Gasteiger partial charge is 0.247 e. The van der Waals surface area contributed by atoms with Gasteiger partial charge in [0.05, 0.1) is 19.3 Å². The normalized spacial score (nSPS) is 17.8. The number of hydrogen-bond donors (Lipinski definition) is 0. The summed E-state index contributed by atoms with van der Waals surface area (Å²) in [4.78, 5) is 14.5. The van der Waals surface area contributed by atoms with E-state index < -0.39 is 0 Å². The van der Waals surface area contributed by atoms with Crippen molar-refractivity contribution < 1.29 is 9.53 Å². The summed E-state index contributed by atoms with van der Waals surface area (Å²) < 4.78 is 6.92. The van der Waals surface area contributed by atoms with Gasteiger partial charge in [-0.2, -0.15) is 5.10 Å². The van der Waals surface area contributed by atoms with Crippen molar-refractivity contribution in [3.63, 3.8) is 0 Å². The van der Waals surface area contributed by atoms with E-state index in [1.54, 1.807) is 24.1 Å². The monoisotopic (exact) mass is 311 g/mol. The van der Waals surface area contributed by atoms with Gasteiger partial charge in [-0.25, -0.2) is 0 Å². The van der Waals surface area contributed by atoms with Gasteiger partial charge in [-0.15, -0.1) is 0 Å². The summed E-state index contributed by atoms with van der Waals surface area (Å²) in [5.74, 6) is 0.883. The summed E-state index contributed by atoms with van der Waals surface area (Å²) in [6, 6.07) is 8.12. The summed E-state index contributed by atoms with van der Waals surface area (Å²) in [5, 5.41) is 4.10. The van der Waals surface area contributed by atoms with Crippen LogP contribution in [0.4, 0.5) is 0 Å². The fraction of sp³-hybridized carbons (Fsp3) is 0.333. The lowest BCUT2D eigenvalue weighted by atomic mass is 10.0. The molecule has 1 aliphatic rings. The van der Waals surface area contributed by atoms with Gasteiger partial charge in [0.1, 0.15) is 5.75 Å². The molecule has 0 spiro atoms. The molecule has 1 aromatic heterocycles. The van der Waals surface area contributed by atoms with E-state index in [0.29, 0.717) is 0 Å². The van der Waals surface area contributed by atoms with Crippen LogP contribution in [0.25, 0.3) is 6.08 Å². The van der Waals surface area contributed by atoms with Crippen LogP contribution in [0.5, 0.6) is 5.75 Å². The SMILES string of the molecule is COc1ccc([C@H]2CCCN2C(=O)/C=C/c2cnn(C)c2)cc1. The van der Waals surface area contributed by atoms with Gasteiger partial charge in [-0.3, -0.25) is 9.48 Å². The highest BCUT2D eigenvalue weighted by atomic mass is 16.5. The summed E-state index contributed by atoms with van der Waals surface area (Å²) >= 11 is 0. The average molecular weight is 311 g/mol. The van der Waals surface area contributed by atoms with Gasteiger partial charge in [0.25, 0.3) is 0 Å². The molecule has 1 saturated heterocycles. The minimum Gasteiger partial charge on any atom is -0.497 e. The molecule has 0 unspecified atom stereocenters. The number of benzene rings is 1. The zero-order chi connectivity index (χ0) is 16.2. The molecule has 0 N–H and O–H groups in total. The number of methoxy groups -OCH3 is 1. The molecule has 1 aliphatic heterocycles. The quantitative estimate of drug-likeness (QED) is 0.816. The molecular formula is C18H21N3O2. The number of hydrogen-bond acceptors (Lipinski definition) is 3. The highest BCUT2D eigenvalue weighted by molar-refractivity contribution is 5.92. The van der Waals surface area contributed by atoms with Crippen molar-refractivity contribution >= 4 is 12.0 Å². The number of carbonyl (C=O) groups is 1. The van der Waals surface area contributed by atoms with E-state index in [4.69, 9.17) is 4.74 Å². The standard InChI is InChI=1S/C18H21N3O2/c1-20-13-14(12-19-20)5-10-18(22)21-11-3-4-17(21)15-6-8-16(23-2)9-7-15/h5-10,12-13,17H,3-4,11H2,1-2H3/b10-5+/t17-/m1/s1. The highest BCUT2D eigenvalue weighted by Crippen LogP contribution is 2.32. The van der Waals surface area contributed by atoms with E-state index in [1.807, 2.05) is 48.5 Å². The van der Waals surface area contributed by atoms with Gasteiger partial charge in [-0.1, -0.05) is 12.1 Å². The number of amides is 1. The zero-order valence-electron chi connectivity index (χ0n) is 13.5. The first-order valence-corrected chi connectivity index (χ1v) is 7.78. The maximum Gasteiger partial charge on any atom is 0.247 e. The zero-order valence-corrected chi connectivity index (χ0v) is 13.5. The van der Waals surface area contributed by atoms with Crippen LogP contribution in [-0.2, 0) is 11.8 Å². The summed E-state index contributed by atoms with van der Waals surface area (Å²) in [5.41, 5.74) is 2.09. The number of ether oxygens (including phenoxy) is 1. The molecule has 0 radical (unpaired) electrons. The molecule has 1 fully saturated rings. The minimum absolute atomic E-state index is 0.0483.